The minimum Gasteiger partial charge on any atom is -0.345 e. The highest BCUT2D eigenvalue weighted by Crippen LogP contribution is 2.26. The topological polar surface area (TPSA) is 76.0 Å². The van der Waals surface area contributed by atoms with Crippen molar-refractivity contribution in [3.63, 3.8) is 0 Å². The number of carbonyl (C=O) groups excluding carboxylic acids is 2. The Kier molecular flexibility index (Phi) is 4.79. The first-order chi connectivity index (χ1) is 12.1. The molecular formula is C19H20N4O2. The van der Waals surface area contributed by atoms with Gasteiger partial charge in [0.05, 0.1) is 23.3 Å². The predicted molar refractivity (Wildman–Crippen MR) is 97.5 cm³/mol. The third kappa shape index (κ3) is 3.68. The zero-order chi connectivity index (χ0) is 17.8. The van der Waals surface area contributed by atoms with Gasteiger partial charge in [-0.1, -0.05) is 6.07 Å². The molecule has 0 aliphatic rings. The molecule has 0 radical (unpaired) electrons. The Labute approximate surface area is 145 Å². The number of rotatable bonds is 5. The van der Waals surface area contributed by atoms with Gasteiger partial charge in [-0.3, -0.25) is 14.6 Å². The first-order valence-corrected chi connectivity index (χ1v) is 8.14. The zero-order valence-corrected chi connectivity index (χ0v) is 14.2. The molecule has 0 atom stereocenters. The second-order valence-corrected chi connectivity index (χ2v) is 6.03. The summed E-state index contributed by atoms with van der Waals surface area (Å²) in [6, 6.07) is 11.4. The minimum atomic E-state index is -0.326. The van der Waals surface area contributed by atoms with Crippen molar-refractivity contribution in [2.75, 3.05) is 11.9 Å². The molecule has 6 nitrogen and oxygen atoms in total. The SMILES string of the molecule is CC(C)n1ccc2c(NC(=O)CNC(=O)c3cccnc3)cccc21. The molecule has 0 saturated heterocycles. The van der Waals surface area contributed by atoms with Gasteiger partial charge in [-0.25, -0.2) is 0 Å². The second-order valence-electron chi connectivity index (χ2n) is 6.03. The van der Waals surface area contributed by atoms with Crippen LogP contribution in [0.2, 0.25) is 0 Å². The number of carbonyl (C=O) groups is 2. The fourth-order valence-corrected chi connectivity index (χ4v) is 2.70. The largest absolute Gasteiger partial charge is 0.345 e. The van der Waals surface area contributed by atoms with E-state index in [1.165, 1.54) is 6.20 Å². The Hall–Kier alpha value is -3.15. The molecule has 2 heterocycles. The fourth-order valence-electron chi connectivity index (χ4n) is 2.70. The van der Waals surface area contributed by atoms with Gasteiger partial charge < -0.3 is 15.2 Å². The summed E-state index contributed by atoms with van der Waals surface area (Å²) in [6.07, 6.45) is 5.06. The van der Waals surface area contributed by atoms with Crippen molar-refractivity contribution < 1.29 is 9.59 Å². The molecule has 0 aliphatic carbocycles. The molecule has 3 rings (SSSR count). The van der Waals surface area contributed by atoms with Gasteiger partial charge in [0.1, 0.15) is 0 Å². The number of hydrogen-bond acceptors (Lipinski definition) is 3. The molecule has 3 aromatic rings. The number of benzene rings is 1. The maximum atomic E-state index is 12.2. The Morgan fingerprint density at radius 3 is 2.72 bits per heavy atom. The van der Waals surface area contributed by atoms with Crippen LogP contribution in [0.5, 0.6) is 0 Å². The lowest BCUT2D eigenvalue weighted by Gasteiger charge is -2.11. The normalized spacial score (nSPS) is 10.8. The van der Waals surface area contributed by atoms with Gasteiger partial charge in [-0.2, -0.15) is 0 Å². The van der Waals surface area contributed by atoms with E-state index < -0.39 is 0 Å². The van der Waals surface area contributed by atoms with Gasteiger partial charge in [-0.05, 0) is 44.2 Å². The summed E-state index contributed by atoms with van der Waals surface area (Å²) in [5.74, 6) is -0.602. The Balaban J connectivity index is 1.67. The lowest BCUT2D eigenvalue weighted by Crippen LogP contribution is -2.32. The smallest absolute Gasteiger partial charge is 0.253 e. The van der Waals surface area contributed by atoms with E-state index in [1.54, 1.807) is 18.3 Å². The van der Waals surface area contributed by atoms with Gasteiger partial charge in [0.2, 0.25) is 5.91 Å². The standard InChI is InChI=1S/C19H20N4O2/c1-13(2)23-10-8-15-16(6-3-7-17(15)23)22-18(24)12-21-19(25)14-5-4-9-20-11-14/h3-11,13H,12H2,1-2H3,(H,21,25)(H,22,24). The average molecular weight is 336 g/mol. The highest BCUT2D eigenvalue weighted by Gasteiger charge is 2.11. The summed E-state index contributed by atoms with van der Waals surface area (Å²) in [7, 11) is 0. The van der Waals surface area contributed by atoms with Gasteiger partial charge in [0, 0.05) is 30.0 Å². The van der Waals surface area contributed by atoms with E-state index in [-0.39, 0.29) is 18.4 Å². The van der Waals surface area contributed by atoms with Crippen molar-refractivity contribution in [1.29, 1.82) is 0 Å². The molecule has 25 heavy (non-hydrogen) atoms. The summed E-state index contributed by atoms with van der Waals surface area (Å²) in [6.45, 7) is 4.12. The van der Waals surface area contributed by atoms with Crippen molar-refractivity contribution >= 4 is 28.4 Å². The van der Waals surface area contributed by atoms with E-state index >= 15 is 0 Å². The summed E-state index contributed by atoms with van der Waals surface area (Å²) in [4.78, 5) is 28.0. The number of anilines is 1. The Morgan fingerprint density at radius 1 is 1.16 bits per heavy atom. The van der Waals surface area contributed by atoms with Crippen LogP contribution in [0.3, 0.4) is 0 Å². The number of fused-ring (bicyclic) bond motifs is 1. The molecule has 2 amide bonds. The summed E-state index contributed by atoms with van der Waals surface area (Å²) in [5.41, 5.74) is 2.22. The summed E-state index contributed by atoms with van der Waals surface area (Å²) in [5, 5.41) is 6.43. The number of aromatic nitrogens is 2. The first-order valence-electron chi connectivity index (χ1n) is 8.14. The maximum Gasteiger partial charge on any atom is 0.253 e. The molecule has 0 saturated carbocycles. The molecule has 6 heteroatoms. The van der Waals surface area contributed by atoms with Crippen molar-refractivity contribution in [2.45, 2.75) is 19.9 Å². The van der Waals surface area contributed by atoms with E-state index in [9.17, 15) is 9.59 Å². The second kappa shape index (κ2) is 7.17. The van der Waals surface area contributed by atoms with Crippen molar-refractivity contribution in [3.05, 3.63) is 60.6 Å². The first kappa shape index (κ1) is 16.7. The quantitative estimate of drug-likeness (QED) is 0.752. The number of nitrogens with zero attached hydrogens (tertiary/aromatic N) is 2. The van der Waals surface area contributed by atoms with Crippen LogP contribution in [0.4, 0.5) is 5.69 Å². The molecule has 128 valence electrons. The van der Waals surface area contributed by atoms with Crippen LogP contribution >= 0.6 is 0 Å². The molecule has 0 bridgehead atoms. The predicted octanol–water partition coefficient (Wildman–Crippen LogP) is 2.99. The van der Waals surface area contributed by atoms with Gasteiger partial charge >= 0.3 is 0 Å². The number of hydrogen-bond donors (Lipinski definition) is 2. The summed E-state index contributed by atoms with van der Waals surface area (Å²) >= 11 is 0. The van der Waals surface area contributed by atoms with E-state index in [4.69, 9.17) is 0 Å². The highest BCUT2D eigenvalue weighted by molar-refractivity contribution is 6.04. The minimum absolute atomic E-state index is 0.102. The Morgan fingerprint density at radius 2 is 2.00 bits per heavy atom. The molecule has 0 unspecified atom stereocenters. The van der Waals surface area contributed by atoms with Gasteiger partial charge in [0.15, 0.2) is 0 Å². The third-order valence-electron chi connectivity index (χ3n) is 3.93. The van der Waals surface area contributed by atoms with E-state index in [1.807, 2.05) is 30.5 Å². The van der Waals surface area contributed by atoms with E-state index in [0.29, 0.717) is 11.6 Å². The molecular weight excluding hydrogens is 316 g/mol. The number of pyridine rings is 1. The van der Waals surface area contributed by atoms with Crippen LogP contribution in [0.25, 0.3) is 10.9 Å². The molecule has 2 aromatic heterocycles. The number of nitrogens with one attached hydrogen (secondary N) is 2. The maximum absolute atomic E-state index is 12.2. The van der Waals surface area contributed by atoms with Crippen LogP contribution < -0.4 is 10.6 Å². The van der Waals surface area contributed by atoms with Crippen LogP contribution in [-0.4, -0.2) is 27.9 Å². The fraction of sp³-hybridized carbons (Fsp3) is 0.211. The van der Waals surface area contributed by atoms with Crippen molar-refractivity contribution in [1.82, 2.24) is 14.9 Å². The highest BCUT2D eigenvalue weighted by atomic mass is 16.2. The molecule has 0 aliphatic heterocycles. The van der Waals surface area contributed by atoms with E-state index in [2.05, 4.69) is 34.0 Å². The lowest BCUT2D eigenvalue weighted by atomic mass is 10.2. The lowest BCUT2D eigenvalue weighted by molar-refractivity contribution is -0.115. The van der Waals surface area contributed by atoms with Crippen LogP contribution in [0.1, 0.15) is 30.2 Å². The van der Waals surface area contributed by atoms with Gasteiger partial charge in [-0.15, -0.1) is 0 Å². The summed E-state index contributed by atoms with van der Waals surface area (Å²) < 4.78 is 2.15. The molecule has 0 spiro atoms. The van der Waals surface area contributed by atoms with E-state index in [0.717, 1.165) is 16.6 Å². The van der Waals surface area contributed by atoms with Crippen LogP contribution in [0.15, 0.2) is 55.0 Å². The monoisotopic (exact) mass is 336 g/mol. The van der Waals surface area contributed by atoms with Crippen molar-refractivity contribution in [2.24, 2.45) is 0 Å². The van der Waals surface area contributed by atoms with Crippen molar-refractivity contribution in [3.8, 4) is 0 Å². The Bertz CT molecular complexity index is 900. The molecule has 2 N–H and O–H groups in total. The molecule has 0 fully saturated rings. The van der Waals surface area contributed by atoms with Crippen LogP contribution in [0, 0.1) is 0 Å². The number of amides is 2. The zero-order valence-electron chi connectivity index (χ0n) is 14.2. The van der Waals surface area contributed by atoms with Crippen LogP contribution in [-0.2, 0) is 4.79 Å². The molecule has 1 aromatic carbocycles. The van der Waals surface area contributed by atoms with Gasteiger partial charge in [0.25, 0.3) is 5.91 Å². The third-order valence-corrected chi connectivity index (χ3v) is 3.93. The average Bonchev–Trinajstić information content (AvgIpc) is 3.06.